The minimum atomic E-state index is -1.95. The number of hydrogen-bond acceptors (Lipinski definition) is 6. The maximum Gasteiger partial charge on any atom is 0.411 e. The molecule has 0 radical (unpaired) electrons. The molecule has 2 aliphatic heterocycles. The van der Waals surface area contributed by atoms with Gasteiger partial charge in [0.15, 0.2) is 0 Å². The summed E-state index contributed by atoms with van der Waals surface area (Å²) in [5.41, 5.74) is -2.06. The van der Waals surface area contributed by atoms with Gasteiger partial charge in [0.05, 0.1) is 0 Å². The highest BCUT2D eigenvalue weighted by molar-refractivity contribution is 6.24. The average Bonchev–Trinajstić information content (AvgIpc) is 3.17. The van der Waals surface area contributed by atoms with Crippen LogP contribution < -0.4 is 10.6 Å². The summed E-state index contributed by atoms with van der Waals surface area (Å²) >= 11 is 0. The Labute approximate surface area is 186 Å². The molecule has 6 amide bonds. The van der Waals surface area contributed by atoms with Crippen LogP contribution in [0.2, 0.25) is 0 Å². The fourth-order valence-electron chi connectivity index (χ4n) is 4.08. The molecule has 0 saturated carbocycles. The number of amides is 6. The van der Waals surface area contributed by atoms with E-state index in [0.29, 0.717) is 6.42 Å². The van der Waals surface area contributed by atoms with E-state index in [1.165, 1.54) is 7.05 Å². The van der Waals surface area contributed by atoms with E-state index in [9.17, 15) is 24.0 Å². The van der Waals surface area contributed by atoms with Gasteiger partial charge in [-0.1, -0.05) is 30.3 Å². The Kier molecular flexibility index (Phi) is 6.25. The molecule has 2 heterocycles. The van der Waals surface area contributed by atoms with Crippen molar-refractivity contribution in [3.05, 3.63) is 35.9 Å². The average molecular weight is 444 g/mol. The van der Waals surface area contributed by atoms with Crippen molar-refractivity contribution in [1.82, 2.24) is 20.4 Å². The Balaban J connectivity index is 2.00. The first-order valence-corrected chi connectivity index (χ1v) is 10.5. The Morgan fingerprint density at radius 1 is 1.19 bits per heavy atom. The molecular weight excluding hydrogens is 416 g/mol. The minimum absolute atomic E-state index is 0.0203. The summed E-state index contributed by atoms with van der Waals surface area (Å²) in [5.74, 6) is -2.36. The molecule has 2 N–H and O–H groups in total. The van der Waals surface area contributed by atoms with Crippen LogP contribution in [0.15, 0.2) is 30.3 Å². The minimum Gasteiger partial charge on any atom is -0.444 e. The number of carbonyl (C=O) groups excluding carboxylic acids is 5. The fraction of sp³-hybridized carbons (Fsp3) is 0.500. The molecule has 0 aliphatic carbocycles. The van der Waals surface area contributed by atoms with E-state index in [4.69, 9.17) is 4.74 Å². The molecule has 0 bridgehead atoms. The Bertz CT molecular complexity index is 941. The first-order valence-electron chi connectivity index (χ1n) is 10.5. The Morgan fingerprint density at radius 2 is 1.84 bits per heavy atom. The number of barbiturate groups is 1. The zero-order valence-corrected chi connectivity index (χ0v) is 18.6. The maximum absolute atomic E-state index is 13.7. The number of likely N-dealkylation sites (N-methyl/N-ethyl adjacent to an activating group) is 1. The molecular formula is C22H28N4O6. The van der Waals surface area contributed by atoms with Crippen molar-refractivity contribution in [3.63, 3.8) is 0 Å². The third-order valence-corrected chi connectivity index (χ3v) is 5.52. The van der Waals surface area contributed by atoms with Crippen LogP contribution in [0.1, 0.15) is 39.2 Å². The highest BCUT2D eigenvalue weighted by Crippen LogP contribution is 2.36. The quantitative estimate of drug-likeness (QED) is 0.672. The van der Waals surface area contributed by atoms with Gasteiger partial charge in [-0.05, 0) is 39.2 Å². The first-order chi connectivity index (χ1) is 15.0. The molecule has 32 heavy (non-hydrogen) atoms. The molecule has 2 atom stereocenters. The van der Waals surface area contributed by atoms with E-state index in [0.717, 1.165) is 15.4 Å². The molecule has 0 unspecified atom stereocenters. The lowest BCUT2D eigenvalue weighted by Crippen LogP contribution is -2.75. The standard InChI is InChI=1S/C22H28N4O6/c1-21(2,3)32-20(31)25-12-8-11-22(25)17(28)24-19(30)26(18(22)29)15(16(27)23-4)13-14-9-6-5-7-10-14/h5-7,9-10,15H,8,11-13H2,1-4H3,(H,23,27)(H,24,28,30)/t15-,22+/m0/s1. The molecule has 10 heteroatoms. The Hall–Kier alpha value is -3.43. The molecule has 2 saturated heterocycles. The van der Waals surface area contributed by atoms with Crippen molar-refractivity contribution in [2.45, 2.75) is 57.2 Å². The van der Waals surface area contributed by atoms with Gasteiger partial charge in [-0.25, -0.2) is 14.5 Å². The smallest absolute Gasteiger partial charge is 0.411 e. The predicted molar refractivity (Wildman–Crippen MR) is 113 cm³/mol. The van der Waals surface area contributed by atoms with Crippen LogP contribution in [0.5, 0.6) is 0 Å². The number of rotatable bonds is 4. The van der Waals surface area contributed by atoms with Gasteiger partial charge in [0, 0.05) is 20.0 Å². The van der Waals surface area contributed by atoms with Gasteiger partial charge in [0.1, 0.15) is 11.6 Å². The largest absolute Gasteiger partial charge is 0.444 e. The second-order valence-corrected chi connectivity index (χ2v) is 8.85. The number of benzene rings is 1. The predicted octanol–water partition coefficient (Wildman–Crippen LogP) is 1.19. The number of nitrogens with zero attached hydrogens (tertiary/aromatic N) is 2. The summed E-state index contributed by atoms with van der Waals surface area (Å²) in [7, 11) is 1.40. The second kappa shape index (κ2) is 8.60. The highest BCUT2D eigenvalue weighted by Gasteiger charge is 2.63. The van der Waals surface area contributed by atoms with Crippen molar-refractivity contribution in [2.75, 3.05) is 13.6 Å². The van der Waals surface area contributed by atoms with Crippen LogP contribution >= 0.6 is 0 Å². The lowest BCUT2D eigenvalue weighted by atomic mass is 9.89. The van der Waals surface area contributed by atoms with Crippen molar-refractivity contribution < 1.29 is 28.7 Å². The van der Waals surface area contributed by atoms with Gasteiger partial charge >= 0.3 is 12.1 Å². The van der Waals surface area contributed by atoms with E-state index >= 15 is 0 Å². The summed E-state index contributed by atoms with van der Waals surface area (Å²) in [6, 6.07) is 6.70. The molecule has 0 aromatic heterocycles. The third kappa shape index (κ3) is 4.17. The zero-order chi connectivity index (χ0) is 23.7. The molecule has 1 aromatic carbocycles. The Morgan fingerprint density at radius 3 is 2.44 bits per heavy atom. The van der Waals surface area contributed by atoms with Crippen molar-refractivity contribution in [3.8, 4) is 0 Å². The summed E-state index contributed by atoms with van der Waals surface area (Å²) < 4.78 is 5.40. The van der Waals surface area contributed by atoms with Gasteiger partial charge < -0.3 is 10.1 Å². The van der Waals surface area contributed by atoms with Crippen molar-refractivity contribution in [1.29, 1.82) is 0 Å². The van der Waals surface area contributed by atoms with Gasteiger partial charge in [0.2, 0.25) is 11.4 Å². The monoisotopic (exact) mass is 444 g/mol. The molecule has 2 aliphatic rings. The number of hydrogen-bond donors (Lipinski definition) is 2. The van der Waals surface area contributed by atoms with E-state index in [1.54, 1.807) is 45.0 Å². The summed E-state index contributed by atoms with van der Waals surface area (Å²) in [5, 5.41) is 4.66. The molecule has 3 rings (SSSR count). The van der Waals surface area contributed by atoms with Crippen LogP contribution in [-0.4, -0.2) is 70.4 Å². The normalized spacial score (nSPS) is 22.1. The van der Waals surface area contributed by atoms with Crippen LogP contribution in [0.4, 0.5) is 9.59 Å². The molecule has 1 aromatic rings. The number of ether oxygens (including phenoxy) is 1. The maximum atomic E-state index is 13.7. The van der Waals surface area contributed by atoms with Crippen LogP contribution in [-0.2, 0) is 25.5 Å². The van der Waals surface area contributed by atoms with E-state index in [2.05, 4.69) is 10.6 Å². The second-order valence-electron chi connectivity index (χ2n) is 8.85. The number of nitrogens with one attached hydrogen (secondary N) is 2. The number of carbonyl (C=O) groups is 5. The molecule has 2 fully saturated rings. The number of urea groups is 1. The van der Waals surface area contributed by atoms with Gasteiger partial charge in [-0.2, -0.15) is 0 Å². The van der Waals surface area contributed by atoms with Gasteiger partial charge in [-0.15, -0.1) is 0 Å². The van der Waals surface area contributed by atoms with Gasteiger partial charge in [-0.3, -0.25) is 24.6 Å². The lowest BCUT2D eigenvalue weighted by Gasteiger charge is -2.43. The highest BCUT2D eigenvalue weighted by atomic mass is 16.6. The van der Waals surface area contributed by atoms with Crippen LogP contribution in [0.25, 0.3) is 0 Å². The van der Waals surface area contributed by atoms with Crippen LogP contribution in [0.3, 0.4) is 0 Å². The summed E-state index contributed by atoms with van der Waals surface area (Å²) in [6.45, 7) is 5.13. The SMILES string of the molecule is CNC(=O)[C@H](Cc1ccccc1)N1C(=O)NC(=O)[C@]2(CCCN2C(=O)OC(C)(C)C)C1=O. The van der Waals surface area contributed by atoms with Gasteiger partial charge in [0.25, 0.3) is 11.8 Å². The first kappa shape index (κ1) is 23.2. The molecule has 10 nitrogen and oxygen atoms in total. The number of imide groups is 2. The van der Waals surface area contributed by atoms with Crippen molar-refractivity contribution in [2.24, 2.45) is 0 Å². The number of likely N-dealkylation sites (tertiary alicyclic amines) is 1. The molecule has 1 spiro atoms. The lowest BCUT2D eigenvalue weighted by molar-refractivity contribution is -0.155. The van der Waals surface area contributed by atoms with E-state index in [1.807, 2.05) is 6.07 Å². The van der Waals surface area contributed by atoms with E-state index < -0.39 is 47.0 Å². The van der Waals surface area contributed by atoms with E-state index in [-0.39, 0.29) is 19.4 Å². The molecule has 172 valence electrons. The van der Waals surface area contributed by atoms with Crippen LogP contribution in [0, 0.1) is 0 Å². The van der Waals surface area contributed by atoms with Crippen molar-refractivity contribution >= 4 is 29.8 Å². The zero-order valence-electron chi connectivity index (χ0n) is 18.6. The topological polar surface area (TPSA) is 125 Å². The third-order valence-electron chi connectivity index (χ3n) is 5.52. The summed E-state index contributed by atoms with van der Waals surface area (Å²) in [4.78, 5) is 66.8. The summed E-state index contributed by atoms with van der Waals surface area (Å²) in [6.07, 6.45) is -0.389. The fourth-order valence-corrected chi connectivity index (χ4v) is 4.08.